The maximum Gasteiger partial charge on any atom is 0.314 e. The van der Waals surface area contributed by atoms with Gasteiger partial charge in [0.2, 0.25) is 0 Å². The highest BCUT2D eigenvalue weighted by Gasteiger charge is 2.48. The predicted molar refractivity (Wildman–Crippen MR) is 89.8 cm³/mol. The van der Waals surface area contributed by atoms with Crippen LogP contribution in [0.15, 0.2) is 24.3 Å². The van der Waals surface area contributed by atoms with Gasteiger partial charge in [-0.3, -0.25) is 9.69 Å². The molecule has 0 amide bonds. The molecule has 1 fully saturated rings. The highest BCUT2D eigenvalue weighted by Crippen LogP contribution is 2.36. The summed E-state index contributed by atoms with van der Waals surface area (Å²) in [6, 6.07) is 8.84. The SMILES string of the molecule is CCOC(=O)C1(CC)CN(Cc2ccc(C(C)(C)C)cc2)C1. The molecule has 0 radical (unpaired) electrons. The summed E-state index contributed by atoms with van der Waals surface area (Å²) in [5, 5.41) is 0. The van der Waals surface area contributed by atoms with Crippen molar-refractivity contribution in [3.63, 3.8) is 0 Å². The van der Waals surface area contributed by atoms with Gasteiger partial charge in [-0.05, 0) is 29.9 Å². The summed E-state index contributed by atoms with van der Waals surface area (Å²) in [4.78, 5) is 14.4. The fourth-order valence-electron chi connectivity index (χ4n) is 3.07. The Balaban J connectivity index is 1.93. The summed E-state index contributed by atoms with van der Waals surface area (Å²) in [5.41, 5.74) is 2.58. The van der Waals surface area contributed by atoms with Gasteiger partial charge in [-0.1, -0.05) is 52.0 Å². The Hall–Kier alpha value is -1.35. The first kappa shape index (κ1) is 17.0. The first-order chi connectivity index (χ1) is 10.3. The number of nitrogens with zero attached hydrogens (tertiary/aromatic N) is 1. The summed E-state index contributed by atoms with van der Waals surface area (Å²) in [6.45, 7) is 13.6. The summed E-state index contributed by atoms with van der Waals surface area (Å²) < 4.78 is 5.23. The van der Waals surface area contributed by atoms with Gasteiger partial charge in [0.25, 0.3) is 0 Å². The molecule has 1 aliphatic heterocycles. The lowest BCUT2D eigenvalue weighted by molar-refractivity contribution is -0.168. The van der Waals surface area contributed by atoms with Gasteiger partial charge in [0.05, 0.1) is 12.0 Å². The minimum Gasteiger partial charge on any atom is -0.465 e. The number of ether oxygens (including phenoxy) is 1. The van der Waals surface area contributed by atoms with Gasteiger partial charge >= 0.3 is 5.97 Å². The molecule has 2 rings (SSSR count). The van der Waals surface area contributed by atoms with Gasteiger partial charge < -0.3 is 4.74 Å². The van der Waals surface area contributed by atoms with Crippen molar-refractivity contribution in [3.8, 4) is 0 Å². The van der Waals surface area contributed by atoms with Crippen LogP contribution in [0.25, 0.3) is 0 Å². The molecule has 0 bridgehead atoms. The summed E-state index contributed by atoms with van der Waals surface area (Å²) >= 11 is 0. The second kappa shape index (κ2) is 6.41. The van der Waals surface area contributed by atoms with E-state index in [1.165, 1.54) is 11.1 Å². The van der Waals surface area contributed by atoms with Crippen molar-refractivity contribution in [3.05, 3.63) is 35.4 Å². The van der Waals surface area contributed by atoms with E-state index < -0.39 is 0 Å². The van der Waals surface area contributed by atoms with Crippen LogP contribution in [0.1, 0.15) is 52.2 Å². The van der Waals surface area contributed by atoms with E-state index in [1.807, 2.05) is 6.92 Å². The van der Waals surface area contributed by atoms with Crippen LogP contribution in [-0.2, 0) is 21.5 Å². The molecule has 1 aliphatic rings. The third kappa shape index (κ3) is 3.52. The Morgan fingerprint density at radius 1 is 1.18 bits per heavy atom. The molecular formula is C19H29NO2. The zero-order chi connectivity index (χ0) is 16.4. The number of likely N-dealkylation sites (tertiary alicyclic amines) is 1. The van der Waals surface area contributed by atoms with Crippen molar-refractivity contribution >= 4 is 5.97 Å². The van der Waals surface area contributed by atoms with E-state index in [0.717, 1.165) is 26.1 Å². The van der Waals surface area contributed by atoms with Crippen molar-refractivity contribution in [2.75, 3.05) is 19.7 Å². The fraction of sp³-hybridized carbons (Fsp3) is 0.632. The molecule has 0 spiro atoms. The number of carbonyl (C=O) groups is 1. The van der Waals surface area contributed by atoms with Gasteiger partial charge in [0.1, 0.15) is 0 Å². The molecule has 0 aliphatic carbocycles. The van der Waals surface area contributed by atoms with Crippen LogP contribution in [0.4, 0.5) is 0 Å². The number of carbonyl (C=O) groups excluding carboxylic acids is 1. The van der Waals surface area contributed by atoms with Crippen molar-refractivity contribution in [1.29, 1.82) is 0 Å². The van der Waals surface area contributed by atoms with Crippen LogP contribution in [0.2, 0.25) is 0 Å². The third-order valence-electron chi connectivity index (χ3n) is 4.66. The average Bonchev–Trinajstić information content (AvgIpc) is 2.42. The van der Waals surface area contributed by atoms with Crippen molar-refractivity contribution in [2.45, 2.75) is 53.0 Å². The largest absolute Gasteiger partial charge is 0.465 e. The lowest BCUT2D eigenvalue weighted by atomic mass is 9.77. The minimum atomic E-state index is -0.276. The summed E-state index contributed by atoms with van der Waals surface area (Å²) in [7, 11) is 0. The summed E-state index contributed by atoms with van der Waals surface area (Å²) in [6.07, 6.45) is 0.852. The molecule has 1 aromatic carbocycles. The highest BCUT2D eigenvalue weighted by atomic mass is 16.5. The molecule has 3 heteroatoms. The van der Waals surface area contributed by atoms with E-state index in [4.69, 9.17) is 4.74 Å². The van der Waals surface area contributed by atoms with Crippen LogP contribution in [-0.4, -0.2) is 30.6 Å². The fourth-order valence-corrected chi connectivity index (χ4v) is 3.07. The Bertz CT molecular complexity index is 507. The van der Waals surface area contributed by atoms with E-state index in [1.54, 1.807) is 0 Å². The number of benzene rings is 1. The number of hydrogen-bond donors (Lipinski definition) is 0. The summed E-state index contributed by atoms with van der Waals surface area (Å²) in [5.74, 6) is -0.0307. The molecule has 1 aromatic rings. The molecule has 1 saturated heterocycles. The maximum atomic E-state index is 12.1. The Kier molecular flexibility index (Phi) is 4.96. The van der Waals surface area contributed by atoms with Gasteiger partial charge in [-0.25, -0.2) is 0 Å². The predicted octanol–water partition coefficient (Wildman–Crippen LogP) is 3.76. The first-order valence-electron chi connectivity index (χ1n) is 8.30. The molecule has 0 atom stereocenters. The Labute approximate surface area is 134 Å². The molecule has 122 valence electrons. The zero-order valence-electron chi connectivity index (χ0n) is 14.6. The van der Waals surface area contributed by atoms with E-state index >= 15 is 0 Å². The minimum absolute atomic E-state index is 0.0307. The van der Waals surface area contributed by atoms with Crippen LogP contribution in [0.3, 0.4) is 0 Å². The lowest BCUT2D eigenvalue weighted by Crippen LogP contribution is -2.60. The topological polar surface area (TPSA) is 29.5 Å². The molecule has 3 nitrogen and oxygen atoms in total. The van der Waals surface area contributed by atoms with Gasteiger partial charge in [0.15, 0.2) is 0 Å². The van der Waals surface area contributed by atoms with Crippen molar-refractivity contribution in [2.24, 2.45) is 5.41 Å². The van der Waals surface area contributed by atoms with E-state index in [0.29, 0.717) is 6.61 Å². The molecule has 0 saturated carbocycles. The van der Waals surface area contributed by atoms with Crippen LogP contribution in [0, 0.1) is 5.41 Å². The van der Waals surface area contributed by atoms with E-state index in [9.17, 15) is 4.79 Å². The number of hydrogen-bond acceptors (Lipinski definition) is 3. The Morgan fingerprint density at radius 3 is 2.23 bits per heavy atom. The highest BCUT2D eigenvalue weighted by molar-refractivity contribution is 5.78. The zero-order valence-corrected chi connectivity index (χ0v) is 14.6. The average molecular weight is 303 g/mol. The van der Waals surface area contributed by atoms with Gasteiger partial charge in [-0.15, -0.1) is 0 Å². The van der Waals surface area contributed by atoms with Crippen LogP contribution < -0.4 is 0 Å². The molecular weight excluding hydrogens is 274 g/mol. The van der Waals surface area contributed by atoms with E-state index in [2.05, 4.69) is 56.9 Å². The number of rotatable bonds is 5. The normalized spacial score (nSPS) is 17.9. The molecule has 1 heterocycles. The first-order valence-corrected chi connectivity index (χ1v) is 8.30. The monoisotopic (exact) mass is 303 g/mol. The lowest BCUT2D eigenvalue weighted by Gasteiger charge is -2.47. The molecule has 22 heavy (non-hydrogen) atoms. The van der Waals surface area contributed by atoms with Gasteiger partial charge in [0, 0.05) is 19.6 Å². The molecule has 0 aromatic heterocycles. The van der Waals surface area contributed by atoms with Crippen LogP contribution >= 0.6 is 0 Å². The third-order valence-corrected chi connectivity index (χ3v) is 4.66. The standard InChI is InChI=1S/C19H29NO2/c1-6-19(17(21)22-7-2)13-20(14-19)12-15-8-10-16(11-9-15)18(3,4)5/h8-11H,6-7,12-14H2,1-5H3. The van der Waals surface area contributed by atoms with Crippen LogP contribution in [0.5, 0.6) is 0 Å². The molecule has 0 N–H and O–H groups in total. The second-order valence-electron chi connectivity index (χ2n) is 7.45. The maximum absolute atomic E-state index is 12.1. The number of esters is 1. The molecule has 0 unspecified atom stereocenters. The quantitative estimate of drug-likeness (QED) is 0.776. The Morgan fingerprint density at radius 2 is 1.77 bits per heavy atom. The van der Waals surface area contributed by atoms with Crippen molar-refractivity contribution < 1.29 is 9.53 Å². The smallest absolute Gasteiger partial charge is 0.314 e. The van der Waals surface area contributed by atoms with E-state index in [-0.39, 0.29) is 16.8 Å². The van der Waals surface area contributed by atoms with Crippen molar-refractivity contribution in [1.82, 2.24) is 4.90 Å². The van der Waals surface area contributed by atoms with Gasteiger partial charge in [-0.2, -0.15) is 0 Å². The second-order valence-corrected chi connectivity index (χ2v) is 7.45.